The highest BCUT2D eigenvalue weighted by Crippen LogP contribution is 2.24. The molecule has 2 aromatic rings. The molecule has 1 unspecified atom stereocenters. The molecule has 3 amide bonds. The number of anilines is 1. The minimum Gasteiger partial charge on any atom is -0.497 e. The Hall–Kier alpha value is -3.02. The average molecular weight is 367 g/mol. The van der Waals surface area contributed by atoms with Crippen LogP contribution in [-0.2, 0) is 11.3 Å². The molecule has 0 spiro atoms. The summed E-state index contributed by atoms with van der Waals surface area (Å²) in [6, 6.07) is 12.6. The Labute approximate surface area is 159 Å². The summed E-state index contributed by atoms with van der Waals surface area (Å²) in [4.78, 5) is 26.6. The molecule has 1 atom stereocenters. The second kappa shape index (κ2) is 8.12. The van der Waals surface area contributed by atoms with E-state index < -0.39 is 6.04 Å². The van der Waals surface area contributed by atoms with Crippen molar-refractivity contribution in [3.8, 4) is 5.75 Å². The molecular weight excluding hydrogens is 342 g/mol. The van der Waals surface area contributed by atoms with Crippen molar-refractivity contribution in [1.29, 1.82) is 0 Å². The normalized spacial score (nSPS) is 16.3. The third-order valence-electron chi connectivity index (χ3n) is 4.93. The van der Waals surface area contributed by atoms with Gasteiger partial charge in [0, 0.05) is 18.8 Å². The van der Waals surface area contributed by atoms with Gasteiger partial charge in [-0.25, -0.2) is 4.79 Å². The first-order valence-electron chi connectivity index (χ1n) is 9.04. The third-order valence-corrected chi connectivity index (χ3v) is 4.93. The molecule has 0 radical (unpaired) electrons. The van der Waals surface area contributed by atoms with E-state index in [1.54, 1.807) is 12.0 Å². The molecule has 1 heterocycles. The molecule has 6 heteroatoms. The minimum atomic E-state index is -0.498. The Morgan fingerprint density at radius 3 is 2.56 bits per heavy atom. The van der Waals surface area contributed by atoms with E-state index in [2.05, 4.69) is 10.6 Å². The fourth-order valence-corrected chi connectivity index (χ4v) is 3.10. The van der Waals surface area contributed by atoms with Gasteiger partial charge in [-0.15, -0.1) is 0 Å². The van der Waals surface area contributed by atoms with E-state index in [0.717, 1.165) is 22.6 Å². The van der Waals surface area contributed by atoms with Crippen molar-refractivity contribution in [3.63, 3.8) is 0 Å². The lowest BCUT2D eigenvalue weighted by atomic mass is 10.1. The lowest BCUT2D eigenvalue weighted by Gasteiger charge is -2.18. The number of carbonyl (C=O) groups excluding carboxylic acids is 2. The zero-order valence-corrected chi connectivity index (χ0v) is 15.9. The van der Waals surface area contributed by atoms with Gasteiger partial charge in [-0.05, 0) is 61.2 Å². The Morgan fingerprint density at radius 1 is 1.15 bits per heavy atom. The molecular formula is C21H25N3O3. The SMILES string of the molecule is COc1ccc(CNC(=O)NC2CCN(c3ccc(C)c(C)c3)C2=O)cc1. The van der Waals surface area contributed by atoms with Crippen LogP contribution in [0.2, 0.25) is 0 Å². The topological polar surface area (TPSA) is 70.7 Å². The number of nitrogens with zero attached hydrogens (tertiary/aromatic N) is 1. The van der Waals surface area contributed by atoms with Crippen LogP contribution < -0.4 is 20.3 Å². The van der Waals surface area contributed by atoms with Crippen LogP contribution in [0, 0.1) is 13.8 Å². The van der Waals surface area contributed by atoms with Crippen LogP contribution in [0.4, 0.5) is 10.5 Å². The summed E-state index contributed by atoms with van der Waals surface area (Å²) in [6.45, 7) is 5.06. The molecule has 2 aromatic carbocycles. The van der Waals surface area contributed by atoms with Gasteiger partial charge in [0.2, 0.25) is 5.91 Å². The number of ether oxygens (including phenoxy) is 1. The Morgan fingerprint density at radius 2 is 1.89 bits per heavy atom. The second-order valence-corrected chi connectivity index (χ2v) is 6.77. The first-order valence-corrected chi connectivity index (χ1v) is 9.04. The van der Waals surface area contributed by atoms with E-state index in [1.165, 1.54) is 5.56 Å². The fraction of sp³-hybridized carbons (Fsp3) is 0.333. The van der Waals surface area contributed by atoms with Gasteiger partial charge in [-0.3, -0.25) is 4.79 Å². The van der Waals surface area contributed by atoms with Crippen LogP contribution in [0.25, 0.3) is 0 Å². The summed E-state index contributed by atoms with van der Waals surface area (Å²) in [6.07, 6.45) is 0.599. The Kier molecular flexibility index (Phi) is 5.64. The van der Waals surface area contributed by atoms with Gasteiger partial charge in [-0.1, -0.05) is 18.2 Å². The second-order valence-electron chi connectivity index (χ2n) is 6.77. The van der Waals surface area contributed by atoms with Gasteiger partial charge in [-0.2, -0.15) is 0 Å². The number of urea groups is 1. The standard InChI is InChI=1S/C21H25N3O3/c1-14-4-7-17(12-15(14)2)24-11-10-19(20(24)25)23-21(26)22-13-16-5-8-18(27-3)9-6-16/h4-9,12,19H,10-11,13H2,1-3H3,(H2,22,23,26). The average Bonchev–Trinajstić information content (AvgIpc) is 3.03. The van der Waals surface area contributed by atoms with Gasteiger partial charge in [0.1, 0.15) is 11.8 Å². The van der Waals surface area contributed by atoms with E-state index in [1.807, 2.05) is 56.3 Å². The molecule has 0 aromatic heterocycles. The first kappa shape index (κ1) is 18.8. The number of carbonyl (C=O) groups is 2. The number of rotatable bonds is 5. The Balaban J connectivity index is 1.53. The number of methoxy groups -OCH3 is 1. The van der Waals surface area contributed by atoms with Crippen LogP contribution in [0.5, 0.6) is 5.75 Å². The summed E-state index contributed by atoms with van der Waals surface area (Å²) < 4.78 is 5.11. The van der Waals surface area contributed by atoms with Crippen molar-refractivity contribution in [2.75, 3.05) is 18.6 Å². The van der Waals surface area contributed by atoms with Gasteiger partial charge in [0.05, 0.1) is 7.11 Å². The van der Waals surface area contributed by atoms with Crippen molar-refractivity contribution < 1.29 is 14.3 Å². The molecule has 0 aliphatic carbocycles. The summed E-state index contributed by atoms with van der Waals surface area (Å²) in [5.74, 6) is 0.698. The quantitative estimate of drug-likeness (QED) is 0.854. The zero-order valence-electron chi connectivity index (χ0n) is 15.9. The van der Waals surface area contributed by atoms with Crippen molar-refractivity contribution in [2.45, 2.75) is 32.9 Å². The van der Waals surface area contributed by atoms with Crippen molar-refractivity contribution >= 4 is 17.6 Å². The van der Waals surface area contributed by atoms with E-state index in [4.69, 9.17) is 4.74 Å². The van der Waals surface area contributed by atoms with Gasteiger partial charge in [0.25, 0.3) is 0 Å². The van der Waals surface area contributed by atoms with Crippen LogP contribution in [0.1, 0.15) is 23.1 Å². The van der Waals surface area contributed by atoms with E-state index in [9.17, 15) is 9.59 Å². The largest absolute Gasteiger partial charge is 0.497 e. The number of aryl methyl sites for hydroxylation is 2. The van der Waals surface area contributed by atoms with Crippen molar-refractivity contribution in [2.24, 2.45) is 0 Å². The van der Waals surface area contributed by atoms with E-state index in [-0.39, 0.29) is 11.9 Å². The number of nitrogens with one attached hydrogen (secondary N) is 2. The predicted octanol–water partition coefficient (Wildman–Crippen LogP) is 2.92. The molecule has 1 aliphatic heterocycles. The molecule has 1 aliphatic rings. The van der Waals surface area contributed by atoms with E-state index in [0.29, 0.717) is 19.5 Å². The van der Waals surface area contributed by atoms with Crippen LogP contribution in [0.3, 0.4) is 0 Å². The number of amides is 3. The summed E-state index contributed by atoms with van der Waals surface area (Å²) >= 11 is 0. The molecule has 1 fully saturated rings. The smallest absolute Gasteiger partial charge is 0.315 e. The highest BCUT2D eigenvalue weighted by Gasteiger charge is 2.33. The van der Waals surface area contributed by atoms with Gasteiger partial charge >= 0.3 is 6.03 Å². The summed E-state index contributed by atoms with van der Waals surface area (Å²) in [5.41, 5.74) is 4.18. The zero-order chi connectivity index (χ0) is 19.4. The van der Waals surface area contributed by atoms with Gasteiger partial charge in [0.15, 0.2) is 0 Å². The lowest BCUT2D eigenvalue weighted by molar-refractivity contribution is -0.118. The Bertz CT molecular complexity index is 833. The maximum absolute atomic E-state index is 12.7. The monoisotopic (exact) mass is 367 g/mol. The molecule has 3 rings (SSSR count). The molecule has 0 bridgehead atoms. The summed E-state index contributed by atoms with van der Waals surface area (Å²) in [5, 5.41) is 5.57. The molecule has 1 saturated heterocycles. The van der Waals surface area contributed by atoms with Gasteiger partial charge < -0.3 is 20.3 Å². The van der Waals surface area contributed by atoms with Crippen molar-refractivity contribution in [1.82, 2.24) is 10.6 Å². The molecule has 2 N–H and O–H groups in total. The molecule has 142 valence electrons. The van der Waals surface area contributed by atoms with E-state index >= 15 is 0 Å². The maximum atomic E-state index is 12.7. The highest BCUT2D eigenvalue weighted by molar-refractivity contribution is 6.01. The minimum absolute atomic E-state index is 0.0714. The van der Waals surface area contributed by atoms with Crippen LogP contribution >= 0.6 is 0 Å². The maximum Gasteiger partial charge on any atom is 0.315 e. The number of hydrogen-bond donors (Lipinski definition) is 2. The first-order chi connectivity index (χ1) is 13.0. The highest BCUT2D eigenvalue weighted by atomic mass is 16.5. The number of benzene rings is 2. The molecule has 27 heavy (non-hydrogen) atoms. The third kappa shape index (κ3) is 4.39. The predicted molar refractivity (Wildman–Crippen MR) is 105 cm³/mol. The fourth-order valence-electron chi connectivity index (χ4n) is 3.10. The number of hydrogen-bond acceptors (Lipinski definition) is 3. The summed E-state index contributed by atoms with van der Waals surface area (Å²) in [7, 11) is 1.61. The van der Waals surface area contributed by atoms with Crippen LogP contribution in [-0.4, -0.2) is 31.6 Å². The molecule has 6 nitrogen and oxygen atoms in total. The van der Waals surface area contributed by atoms with Crippen LogP contribution in [0.15, 0.2) is 42.5 Å². The lowest BCUT2D eigenvalue weighted by Crippen LogP contribution is -2.45. The molecule has 0 saturated carbocycles. The van der Waals surface area contributed by atoms with Crippen molar-refractivity contribution in [3.05, 3.63) is 59.2 Å².